The fourth-order valence-electron chi connectivity index (χ4n) is 0.951. The van der Waals surface area contributed by atoms with Crippen molar-refractivity contribution < 1.29 is 5.11 Å². The zero-order chi connectivity index (χ0) is 5.98. The highest BCUT2D eigenvalue weighted by molar-refractivity contribution is 9.09. The molecule has 0 amide bonds. The third-order valence-corrected chi connectivity index (χ3v) is 2.52. The lowest BCUT2D eigenvalue weighted by Gasteiger charge is -2.28. The predicted molar refractivity (Wildman–Crippen MR) is 37.1 cm³/mol. The van der Waals surface area contributed by atoms with Crippen LogP contribution in [0.2, 0.25) is 0 Å². The highest BCUT2D eigenvalue weighted by Gasteiger charge is 2.23. The van der Waals surface area contributed by atoms with Gasteiger partial charge in [0.2, 0.25) is 0 Å². The van der Waals surface area contributed by atoms with E-state index in [1.807, 2.05) is 0 Å². The van der Waals surface area contributed by atoms with Gasteiger partial charge in [-0.3, -0.25) is 0 Å². The van der Waals surface area contributed by atoms with Gasteiger partial charge in [-0.25, -0.2) is 0 Å². The van der Waals surface area contributed by atoms with Gasteiger partial charge in [0.25, 0.3) is 0 Å². The molecule has 0 aromatic heterocycles. The van der Waals surface area contributed by atoms with E-state index in [1.54, 1.807) is 0 Å². The molecule has 1 atom stereocenters. The van der Waals surface area contributed by atoms with Crippen LogP contribution in [0.15, 0.2) is 0 Å². The standard InChI is InChI=1S/C6H11BrO/c7-4-6(8)5-2-1-3-5/h5-6,8H,1-4H2/t6-/m0/s1. The molecule has 2 heteroatoms. The van der Waals surface area contributed by atoms with Gasteiger partial charge in [0.1, 0.15) is 0 Å². The van der Waals surface area contributed by atoms with Crippen molar-refractivity contribution in [3.8, 4) is 0 Å². The minimum atomic E-state index is -0.0799. The van der Waals surface area contributed by atoms with Crippen molar-refractivity contribution >= 4 is 15.9 Å². The van der Waals surface area contributed by atoms with Crippen molar-refractivity contribution in [3.63, 3.8) is 0 Å². The third-order valence-electron chi connectivity index (χ3n) is 1.85. The average molecular weight is 179 g/mol. The van der Waals surface area contributed by atoms with Gasteiger partial charge in [-0.2, -0.15) is 0 Å². The smallest absolute Gasteiger partial charge is 0.0665 e. The van der Waals surface area contributed by atoms with Crippen molar-refractivity contribution in [2.45, 2.75) is 25.4 Å². The van der Waals surface area contributed by atoms with E-state index in [4.69, 9.17) is 5.11 Å². The van der Waals surface area contributed by atoms with Crippen LogP contribution in [0.5, 0.6) is 0 Å². The molecule has 48 valence electrons. The molecule has 8 heavy (non-hydrogen) atoms. The Morgan fingerprint density at radius 3 is 2.38 bits per heavy atom. The Bertz CT molecular complexity index is 68.2. The first kappa shape index (κ1) is 6.56. The molecule has 0 aliphatic heterocycles. The molecule has 1 N–H and O–H groups in total. The van der Waals surface area contributed by atoms with Crippen LogP contribution in [0.1, 0.15) is 19.3 Å². The minimum Gasteiger partial charge on any atom is -0.392 e. The van der Waals surface area contributed by atoms with Gasteiger partial charge in [-0.1, -0.05) is 22.4 Å². The summed E-state index contributed by atoms with van der Waals surface area (Å²) in [6.45, 7) is 0. The van der Waals surface area contributed by atoms with Gasteiger partial charge in [0.15, 0.2) is 0 Å². The minimum absolute atomic E-state index is 0.0799. The number of rotatable bonds is 2. The zero-order valence-corrected chi connectivity index (χ0v) is 6.39. The molecule has 1 aliphatic rings. The summed E-state index contributed by atoms with van der Waals surface area (Å²) < 4.78 is 0. The summed E-state index contributed by atoms with van der Waals surface area (Å²) in [5.74, 6) is 0.606. The maximum atomic E-state index is 9.13. The molecule has 0 radical (unpaired) electrons. The zero-order valence-electron chi connectivity index (χ0n) is 4.81. The number of halogens is 1. The van der Waals surface area contributed by atoms with Gasteiger partial charge >= 0.3 is 0 Å². The van der Waals surface area contributed by atoms with E-state index < -0.39 is 0 Å². The largest absolute Gasteiger partial charge is 0.392 e. The van der Waals surface area contributed by atoms with E-state index >= 15 is 0 Å². The summed E-state index contributed by atoms with van der Waals surface area (Å²) in [4.78, 5) is 0. The quantitative estimate of drug-likeness (QED) is 0.637. The Morgan fingerprint density at radius 2 is 2.25 bits per heavy atom. The lowest BCUT2D eigenvalue weighted by molar-refractivity contribution is 0.0827. The summed E-state index contributed by atoms with van der Waals surface area (Å²) in [5, 5.41) is 9.88. The van der Waals surface area contributed by atoms with Gasteiger partial charge in [-0.15, -0.1) is 0 Å². The van der Waals surface area contributed by atoms with Crippen LogP contribution in [-0.4, -0.2) is 16.5 Å². The van der Waals surface area contributed by atoms with Gasteiger partial charge in [-0.05, 0) is 18.8 Å². The van der Waals surface area contributed by atoms with E-state index in [-0.39, 0.29) is 6.10 Å². The topological polar surface area (TPSA) is 20.2 Å². The summed E-state index contributed by atoms with van der Waals surface area (Å²) in [5.41, 5.74) is 0. The Balaban J connectivity index is 2.13. The molecule has 1 saturated carbocycles. The van der Waals surface area contributed by atoms with Crippen molar-refractivity contribution in [1.82, 2.24) is 0 Å². The first-order chi connectivity index (χ1) is 3.84. The maximum absolute atomic E-state index is 9.13. The van der Waals surface area contributed by atoms with Crippen molar-refractivity contribution in [2.24, 2.45) is 5.92 Å². The van der Waals surface area contributed by atoms with Crippen LogP contribution in [0.3, 0.4) is 0 Å². The highest BCUT2D eigenvalue weighted by Crippen LogP contribution is 2.29. The summed E-state index contributed by atoms with van der Waals surface area (Å²) in [6, 6.07) is 0. The number of aliphatic hydroxyl groups excluding tert-OH is 1. The average Bonchev–Trinajstić information content (AvgIpc) is 1.62. The van der Waals surface area contributed by atoms with Crippen molar-refractivity contribution in [2.75, 3.05) is 5.33 Å². The first-order valence-corrected chi connectivity index (χ1v) is 4.21. The molecule has 0 spiro atoms. The molecule has 0 heterocycles. The molecule has 0 saturated heterocycles. The lowest BCUT2D eigenvalue weighted by Crippen LogP contribution is -2.27. The summed E-state index contributed by atoms with van der Waals surface area (Å²) >= 11 is 3.24. The van der Waals surface area contributed by atoms with Crippen LogP contribution in [0, 0.1) is 5.92 Å². The van der Waals surface area contributed by atoms with Crippen LogP contribution in [-0.2, 0) is 0 Å². The third kappa shape index (κ3) is 1.23. The SMILES string of the molecule is O[C@@H](CBr)C1CCC1. The van der Waals surface area contributed by atoms with Crippen molar-refractivity contribution in [3.05, 3.63) is 0 Å². The molecule has 0 aromatic rings. The molecule has 0 unspecified atom stereocenters. The number of hydrogen-bond acceptors (Lipinski definition) is 1. The Kier molecular flexibility index (Phi) is 2.32. The molecule has 1 fully saturated rings. The Morgan fingerprint density at radius 1 is 1.62 bits per heavy atom. The number of aliphatic hydroxyl groups is 1. The molecule has 0 bridgehead atoms. The van der Waals surface area contributed by atoms with Gasteiger partial charge < -0.3 is 5.11 Å². The summed E-state index contributed by atoms with van der Waals surface area (Å²) in [6.07, 6.45) is 3.69. The lowest BCUT2D eigenvalue weighted by atomic mass is 9.82. The molecule has 1 nitrogen and oxygen atoms in total. The maximum Gasteiger partial charge on any atom is 0.0665 e. The molecule has 1 aliphatic carbocycles. The van der Waals surface area contributed by atoms with E-state index in [9.17, 15) is 0 Å². The fourth-order valence-corrected chi connectivity index (χ4v) is 1.48. The van der Waals surface area contributed by atoms with Crippen LogP contribution in [0.25, 0.3) is 0 Å². The normalized spacial score (nSPS) is 24.8. The Labute approximate surface area is 58.2 Å². The van der Waals surface area contributed by atoms with Crippen LogP contribution < -0.4 is 0 Å². The molecule has 0 aromatic carbocycles. The molecule has 1 rings (SSSR count). The monoisotopic (exact) mass is 178 g/mol. The number of hydrogen-bond donors (Lipinski definition) is 1. The Hall–Kier alpha value is 0.440. The molecular formula is C6H11BrO. The van der Waals surface area contributed by atoms with Crippen LogP contribution in [0.4, 0.5) is 0 Å². The highest BCUT2D eigenvalue weighted by atomic mass is 79.9. The van der Waals surface area contributed by atoms with E-state index in [1.165, 1.54) is 19.3 Å². The van der Waals surface area contributed by atoms with Gasteiger partial charge in [0, 0.05) is 5.33 Å². The second-order valence-electron chi connectivity index (χ2n) is 2.41. The second-order valence-corrected chi connectivity index (χ2v) is 3.06. The van der Waals surface area contributed by atoms with E-state index in [2.05, 4.69) is 15.9 Å². The second kappa shape index (κ2) is 2.83. The predicted octanol–water partition coefficient (Wildman–Crippen LogP) is 1.54. The number of alkyl halides is 1. The molecular weight excluding hydrogens is 168 g/mol. The fraction of sp³-hybridized carbons (Fsp3) is 1.00. The van der Waals surface area contributed by atoms with Crippen molar-refractivity contribution in [1.29, 1.82) is 0 Å². The first-order valence-electron chi connectivity index (χ1n) is 3.08. The van der Waals surface area contributed by atoms with Crippen LogP contribution >= 0.6 is 15.9 Å². The van der Waals surface area contributed by atoms with E-state index in [0.717, 1.165) is 5.33 Å². The summed E-state index contributed by atoms with van der Waals surface area (Å²) in [7, 11) is 0. The van der Waals surface area contributed by atoms with E-state index in [0.29, 0.717) is 5.92 Å². The van der Waals surface area contributed by atoms with Gasteiger partial charge in [0.05, 0.1) is 6.10 Å².